The number of hydrogen-bond acceptors (Lipinski definition) is 3. The molecule has 1 heterocycles. The van der Waals surface area contributed by atoms with Gasteiger partial charge in [0, 0.05) is 18.7 Å². The Hall–Kier alpha value is -1.55. The summed E-state index contributed by atoms with van der Waals surface area (Å²) in [4.78, 5) is 12.0. The number of hydrogen-bond donors (Lipinski definition) is 2. The highest BCUT2D eigenvalue weighted by atomic mass is 16.5. The van der Waals surface area contributed by atoms with E-state index >= 15 is 0 Å². The number of amides is 1. The van der Waals surface area contributed by atoms with Crippen molar-refractivity contribution in [3.8, 4) is 5.75 Å². The van der Waals surface area contributed by atoms with Gasteiger partial charge in [0.05, 0.1) is 12.0 Å². The molecule has 1 aromatic rings. The molecule has 2 atom stereocenters. The molecule has 1 aliphatic rings. The molecule has 2 rings (SSSR count). The molecule has 1 saturated heterocycles. The fourth-order valence-electron chi connectivity index (χ4n) is 2.32. The maximum atomic E-state index is 12.0. The molecular weight excluding hydrogens is 230 g/mol. The molecule has 2 N–H and O–H groups in total. The summed E-state index contributed by atoms with van der Waals surface area (Å²) in [5.74, 6) is 0.177. The van der Waals surface area contributed by atoms with Crippen LogP contribution in [0, 0.1) is 5.92 Å². The van der Waals surface area contributed by atoms with Gasteiger partial charge in [-0.25, -0.2) is 0 Å². The predicted molar refractivity (Wildman–Crippen MR) is 68.1 cm³/mol. The van der Waals surface area contributed by atoms with Crippen LogP contribution >= 0.6 is 0 Å². The lowest BCUT2D eigenvalue weighted by Gasteiger charge is -2.16. The number of phenolic OH excluding ortho intramolecular Hbond substituents is 1. The van der Waals surface area contributed by atoms with Crippen molar-refractivity contribution < 1.29 is 14.6 Å². The van der Waals surface area contributed by atoms with Gasteiger partial charge >= 0.3 is 0 Å². The fourth-order valence-corrected chi connectivity index (χ4v) is 2.32. The number of ether oxygens (including phenoxy) is 1. The van der Waals surface area contributed by atoms with Crippen LogP contribution in [0.15, 0.2) is 24.3 Å². The van der Waals surface area contributed by atoms with Gasteiger partial charge in [-0.1, -0.05) is 25.1 Å². The third-order valence-corrected chi connectivity index (χ3v) is 3.39. The van der Waals surface area contributed by atoms with Crippen LogP contribution in [0.4, 0.5) is 0 Å². The number of benzene rings is 1. The highest BCUT2D eigenvalue weighted by molar-refractivity contribution is 5.79. The molecule has 4 heteroatoms. The van der Waals surface area contributed by atoms with Gasteiger partial charge in [-0.15, -0.1) is 0 Å². The third kappa shape index (κ3) is 2.82. The Bertz CT molecular complexity index is 419. The van der Waals surface area contributed by atoms with Gasteiger partial charge < -0.3 is 15.2 Å². The van der Waals surface area contributed by atoms with Crippen LogP contribution in [0.3, 0.4) is 0 Å². The quantitative estimate of drug-likeness (QED) is 0.855. The van der Waals surface area contributed by atoms with E-state index in [-0.39, 0.29) is 23.7 Å². The minimum absolute atomic E-state index is 0.0163. The van der Waals surface area contributed by atoms with Crippen molar-refractivity contribution in [2.45, 2.75) is 32.4 Å². The molecule has 1 fully saturated rings. The van der Waals surface area contributed by atoms with Crippen LogP contribution in [-0.4, -0.2) is 23.7 Å². The highest BCUT2D eigenvalue weighted by Gasteiger charge is 2.32. The Morgan fingerprint density at radius 2 is 2.28 bits per heavy atom. The zero-order chi connectivity index (χ0) is 13.0. The summed E-state index contributed by atoms with van der Waals surface area (Å²) in [5, 5.41) is 12.5. The van der Waals surface area contributed by atoms with Crippen LogP contribution < -0.4 is 5.32 Å². The number of carbonyl (C=O) groups excluding carboxylic acids is 1. The summed E-state index contributed by atoms with van der Waals surface area (Å²) in [7, 11) is 0. The maximum Gasteiger partial charge on any atom is 0.226 e. The smallest absolute Gasteiger partial charge is 0.226 e. The lowest BCUT2D eigenvalue weighted by molar-refractivity contribution is -0.126. The minimum atomic E-state index is -0.0548. The number of nitrogens with one attached hydrogen (secondary N) is 1. The first-order chi connectivity index (χ1) is 8.72. The fraction of sp³-hybridized carbons (Fsp3) is 0.500. The largest absolute Gasteiger partial charge is 0.508 e. The summed E-state index contributed by atoms with van der Waals surface area (Å²) in [5.41, 5.74) is 0.734. The van der Waals surface area contributed by atoms with E-state index in [1.807, 2.05) is 13.0 Å². The summed E-state index contributed by atoms with van der Waals surface area (Å²) in [6.45, 7) is 3.05. The van der Waals surface area contributed by atoms with Crippen molar-refractivity contribution in [1.29, 1.82) is 0 Å². The van der Waals surface area contributed by atoms with Gasteiger partial charge in [0.15, 0.2) is 0 Å². The van der Waals surface area contributed by atoms with Crippen molar-refractivity contribution >= 4 is 5.91 Å². The van der Waals surface area contributed by atoms with E-state index in [1.54, 1.807) is 18.2 Å². The third-order valence-electron chi connectivity index (χ3n) is 3.39. The van der Waals surface area contributed by atoms with E-state index in [1.165, 1.54) is 0 Å². The average molecular weight is 249 g/mol. The molecule has 98 valence electrons. The predicted octanol–water partition coefficient (Wildman–Crippen LogP) is 1.82. The Labute approximate surface area is 107 Å². The van der Waals surface area contributed by atoms with E-state index in [0.29, 0.717) is 13.2 Å². The molecule has 1 aliphatic heterocycles. The van der Waals surface area contributed by atoms with E-state index in [2.05, 4.69) is 5.32 Å². The molecule has 0 aromatic heterocycles. The molecular formula is C14H19NO3. The lowest BCUT2D eigenvalue weighted by Crippen LogP contribution is -2.34. The number of carbonyl (C=O) groups is 1. The second kappa shape index (κ2) is 5.87. The van der Waals surface area contributed by atoms with Crippen molar-refractivity contribution in [1.82, 2.24) is 5.32 Å². The summed E-state index contributed by atoms with van der Waals surface area (Å²) in [6.07, 6.45) is 1.68. The molecule has 18 heavy (non-hydrogen) atoms. The van der Waals surface area contributed by atoms with Gasteiger partial charge in [0.1, 0.15) is 5.75 Å². The number of para-hydroxylation sites is 1. The monoisotopic (exact) mass is 249 g/mol. The molecule has 0 radical (unpaired) electrons. The molecule has 0 bridgehead atoms. The van der Waals surface area contributed by atoms with Gasteiger partial charge in [0.25, 0.3) is 0 Å². The first kappa shape index (κ1) is 12.9. The van der Waals surface area contributed by atoms with Crippen LogP contribution in [0.5, 0.6) is 5.75 Å². The maximum absolute atomic E-state index is 12.0. The zero-order valence-corrected chi connectivity index (χ0v) is 10.6. The zero-order valence-electron chi connectivity index (χ0n) is 10.6. The summed E-state index contributed by atoms with van der Waals surface area (Å²) >= 11 is 0. The van der Waals surface area contributed by atoms with Crippen molar-refractivity contribution in [3.05, 3.63) is 29.8 Å². The van der Waals surface area contributed by atoms with Gasteiger partial charge in [0.2, 0.25) is 5.91 Å². The molecule has 1 amide bonds. The minimum Gasteiger partial charge on any atom is -0.508 e. The van der Waals surface area contributed by atoms with E-state index in [4.69, 9.17) is 4.74 Å². The van der Waals surface area contributed by atoms with Crippen LogP contribution in [0.2, 0.25) is 0 Å². The molecule has 4 nitrogen and oxygen atoms in total. The normalized spacial score (nSPS) is 22.9. The van der Waals surface area contributed by atoms with E-state index < -0.39 is 0 Å². The van der Waals surface area contributed by atoms with Crippen molar-refractivity contribution in [2.75, 3.05) is 6.61 Å². The summed E-state index contributed by atoms with van der Waals surface area (Å²) in [6, 6.07) is 7.03. The van der Waals surface area contributed by atoms with E-state index in [9.17, 15) is 9.90 Å². The van der Waals surface area contributed by atoms with Gasteiger partial charge in [-0.05, 0) is 18.9 Å². The highest BCUT2D eigenvalue weighted by Crippen LogP contribution is 2.24. The van der Waals surface area contributed by atoms with Gasteiger partial charge in [-0.2, -0.15) is 0 Å². The Morgan fingerprint density at radius 3 is 3.00 bits per heavy atom. The van der Waals surface area contributed by atoms with Gasteiger partial charge in [-0.3, -0.25) is 4.79 Å². The number of rotatable bonds is 4. The van der Waals surface area contributed by atoms with Crippen LogP contribution in [0.25, 0.3) is 0 Å². The molecule has 0 aliphatic carbocycles. The first-order valence-corrected chi connectivity index (χ1v) is 6.38. The molecule has 1 aromatic carbocycles. The Balaban J connectivity index is 1.90. The standard InChI is InChI=1S/C14H19NO3/c1-2-13-11(7-8-18-13)14(17)15-9-10-5-3-4-6-12(10)16/h3-6,11,13,16H,2,7-9H2,1H3,(H,15,17). The SMILES string of the molecule is CCC1OCCC1C(=O)NCc1ccccc1O. The second-order valence-corrected chi connectivity index (χ2v) is 4.56. The van der Waals surface area contributed by atoms with Crippen molar-refractivity contribution in [2.24, 2.45) is 5.92 Å². The molecule has 2 unspecified atom stereocenters. The second-order valence-electron chi connectivity index (χ2n) is 4.56. The number of aromatic hydroxyl groups is 1. The Kier molecular flexibility index (Phi) is 4.20. The van der Waals surface area contributed by atoms with Crippen LogP contribution in [-0.2, 0) is 16.1 Å². The van der Waals surface area contributed by atoms with E-state index in [0.717, 1.165) is 18.4 Å². The Morgan fingerprint density at radius 1 is 1.50 bits per heavy atom. The molecule has 0 saturated carbocycles. The number of phenols is 1. The summed E-state index contributed by atoms with van der Waals surface area (Å²) < 4.78 is 5.50. The molecule has 0 spiro atoms. The topological polar surface area (TPSA) is 58.6 Å². The van der Waals surface area contributed by atoms with Crippen LogP contribution in [0.1, 0.15) is 25.3 Å². The average Bonchev–Trinajstić information content (AvgIpc) is 2.86. The van der Waals surface area contributed by atoms with Crippen molar-refractivity contribution in [3.63, 3.8) is 0 Å². The lowest BCUT2D eigenvalue weighted by atomic mass is 9.98. The first-order valence-electron chi connectivity index (χ1n) is 6.38.